The first-order chi connectivity index (χ1) is 12.0. The van der Waals surface area contributed by atoms with Crippen molar-refractivity contribution < 1.29 is 9.18 Å². The van der Waals surface area contributed by atoms with E-state index >= 15 is 0 Å². The second kappa shape index (κ2) is 6.56. The molecule has 0 spiro atoms. The number of nitrogens with zero attached hydrogens (tertiary/aromatic N) is 2. The van der Waals surface area contributed by atoms with Crippen molar-refractivity contribution in [3.05, 3.63) is 82.0 Å². The van der Waals surface area contributed by atoms with Gasteiger partial charge >= 0.3 is 0 Å². The number of guanidine groups is 1. The smallest absolute Gasteiger partial charge is 0.282 e. The average Bonchev–Trinajstić information content (AvgIpc) is 2.58. The van der Waals surface area contributed by atoms with E-state index in [2.05, 4.69) is 4.99 Å². The van der Waals surface area contributed by atoms with Crippen LogP contribution in [0.5, 0.6) is 0 Å². The van der Waals surface area contributed by atoms with Crippen LogP contribution in [0.15, 0.2) is 64.5 Å². The van der Waals surface area contributed by atoms with Gasteiger partial charge in [-0.1, -0.05) is 30.3 Å². The third kappa shape index (κ3) is 3.40. The molecule has 0 saturated carbocycles. The van der Waals surface area contributed by atoms with Gasteiger partial charge in [-0.2, -0.15) is 4.99 Å². The van der Waals surface area contributed by atoms with Gasteiger partial charge in [-0.15, -0.1) is 0 Å². The molecular formula is C18H15FN4O2. The van der Waals surface area contributed by atoms with Crippen LogP contribution in [0.25, 0.3) is 10.8 Å². The molecule has 0 atom stereocenters. The van der Waals surface area contributed by atoms with Gasteiger partial charge in [0.25, 0.3) is 11.5 Å². The Balaban J connectivity index is 2.17. The summed E-state index contributed by atoms with van der Waals surface area (Å²) in [5, 5.41) is 0.846. The van der Waals surface area contributed by atoms with Crippen molar-refractivity contribution >= 4 is 22.6 Å². The van der Waals surface area contributed by atoms with Crippen LogP contribution in [-0.4, -0.2) is 16.4 Å². The molecule has 0 radical (unpaired) electrons. The molecule has 0 fully saturated rings. The predicted octanol–water partition coefficient (Wildman–Crippen LogP) is 1.60. The fraction of sp³-hybridized carbons (Fsp3) is 0.0556. The van der Waals surface area contributed by atoms with Crippen molar-refractivity contribution in [3.63, 3.8) is 0 Å². The fourth-order valence-electron chi connectivity index (χ4n) is 2.60. The van der Waals surface area contributed by atoms with E-state index in [0.717, 1.165) is 5.56 Å². The predicted molar refractivity (Wildman–Crippen MR) is 93.9 cm³/mol. The van der Waals surface area contributed by atoms with Crippen LogP contribution in [0.3, 0.4) is 0 Å². The summed E-state index contributed by atoms with van der Waals surface area (Å²) in [6.45, 7) is 0.187. The minimum Gasteiger partial charge on any atom is -0.370 e. The molecule has 2 aromatic carbocycles. The molecule has 7 heteroatoms. The normalized spacial score (nSPS) is 10.6. The molecule has 6 nitrogen and oxygen atoms in total. The number of pyridine rings is 1. The lowest BCUT2D eigenvalue weighted by atomic mass is 10.1. The second-order valence-electron chi connectivity index (χ2n) is 5.49. The zero-order chi connectivity index (χ0) is 18.0. The van der Waals surface area contributed by atoms with Gasteiger partial charge in [0, 0.05) is 17.0 Å². The van der Waals surface area contributed by atoms with Gasteiger partial charge in [0.2, 0.25) is 0 Å². The maximum absolute atomic E-state index is 13.1. The van der Waals surface area contributed by atoms with Gasteiger partial charge in [-0.05, 0) is 23.8 Å². The lowest BCUT2D eigenvalue weighted by molar-refractivity contribution is 0.100. The number of halogens is 1. The monoisotopic (exact) mass is 338 g/mol. The number of hydrogen-bond acceptors (Lipinski definition) is 2. The molecule has 25 heavy (non-hydrogen) atoms. The van der Waals surface area contributed by atoms with Crippen LogP contribution in [0.2, 0.25) is 0 Å². The molecule has 0 aliphatic rings. The van der Waals surface area contributed by atoms with E-state index in [9.17, 15) is 14.0 Å². The topological polar surface area (TPSA) is 103 Å². The summed E-state index contributed by atoms with van der Waals surface area (Å²) in [4.78, 5) is 28.6. The number of fused-ring (bicyclic) bond motifs is 1. The zero-order valence-electron chi connectivity index (χ0n) is 13.1. The molecule has 3 rings (SSSR count). The maximum atomic E-state index is 13.1. The lowest BCUT2D eigenvalue weighted by Crippen LogP contribution is -2.26. The number of rotatable bonds is 3. The molecule has 3 aromatic rings. The van der Waals surface area contributed by atoms with Gasteiger partial charge < -0.3 is 16.0 Å². The van der Waals surface area contributed by atoms with E-state index in [1.807, 2.05) is 0 Å². The van der Waals surface area contributed by atoms with Crippen LogP contribution >= 0.6 is 0 Å². The summed E-state index contributed by atoms with van der Waals surface area (Å²) in [6, 6.07) is 12.5. The first kappa shape index (κ1) is 16.4. The highest BCUT2D eigenvalue weighted by Crippen LogP contribution is 2.17. The Hall–Kier alpha value is -3.48. The fourth-order valence-corrected chi connectivity index (χ4v) is 2.60. The van der Waals surface area contributed by atoms with Gasteiger partial charge in [0.1, 0.15) is 5.82 Å². The van der Waals surface area contributed by atoms with E-state index in [0.29, 0.717) is 10.8 Å². The van der Waals surface area contributed by atoms with Crippen LogP contribution in [0.1, 0.15) is 15.9 Å². The number of hydrogen-bond donors (Lipinski definition) is 2. The number of amides is 1. The molecule has 4 N–H and O–H groups in total. The second-order valence-corrected chi connectivity index (χ2v) is 5.49. The van der Waals surface area contributed by atoms with E-state index in [1.165, 1.54) is 22.9 Å². The Labute approximate surface area is 142 Å². The van der Waals surface area contributed by atoms with E-state index < -0.39 is 5.91 Å². The third-order valence-electron chi connectivity index (χ3n) is 3.72. The van der Waals surface area contributed by atoms with Crippen molar-refractivity contribution in [2.24, 2.45) is 16.5 Å². The van der Waals surface area contributed by atoms with Crippen molar-refractivity contribution in [2.45, 2.75) is 6.54 Å². The molecule has 0 bridgehead atoms. The molecule has 0 aliphatic carbocycles. The minimum absolute atomic E-state index is 0.187. The first-order valence-electron chi connectivity index (χ1n) is 7.46. The van der Waals surface area contributed by atoms with Crippen molar-refractivity contribution in [2.75, 3.05) is 0 Å². The van der Waals surface area contributed by atoms with Gasteiger partial charge in [-0.3, -0.25) is 9.59 Å². The molecule has 1 aromatic heterocycles. The van der Waals surface area contributed by atoms with Crippen molar-refractivity contribution in [3.8, 4) is 0 Å². The minimum atomic E-state index is -0.635. The standard InChI is InChI=1S/C18H15FN4O2/c19-12-7-5-11(6-8-12)9-23-10-15(16(24)22-18(20)21)13-3-1-2-4-14(13)17(23)25/h1-8,10H,9H2,(H4,20,21,22,24). The highest BCUT2D eigenvalue weighted by atomic mass is 19.1. The Morgan fingerprint density at radius 2 is 1.68 bits per heavy atom. The summed E-state index contributed by atoms with van der Waals surface area (Å²) in [7, 11) is 0. The highest BCUT2D eigenvalue weighted by molar-refractivity contribution is 6.10. The summed E-state index contributed by atoms with van der Waals surface area (Å²) in [5.74, 6) is -1.35. The number of carbonyl (C=O) groups excluding carboxylic acids is 1. The summed E-state index contributed by atoms with van der Waals surface area (Å²) in [5.41, 5.74) is 11.2. The lowest BCUT2D eigenvalue weighted by Gasteiger charge is -2.11. The summed E-state index contributed by atoms with van der Waals surface area (Å²) in [6.07, 6.45) is 1.42. The molecule has 1 amide bonds. The summed E-state index contributed by atoms with van der Waals surface area (Å²) >= 11 is 0. The Morgan fingerprint density at radius 3 is 2.32 bits per heavy atom. The average molecular weight is 338 g/mol. The van der Waals surface area contributed by atoms with Crippen LogP contribution in [-0.2, 0) is 6.54 Å². The van der Waals surface area contributed by atoms with Crippen molar-refractivity contribution in [1.82, 2.24) is 4.57 Å². The zero-order valence-corrected chi connectivity index (χ0v) is 13.1. The van der Waals surface area contributed by atoms with E-state index in [4.69, 9.17) is 11.5 Å². The van der Waals surface area contributed by atoms with E-state index in [-0.39, 0.29) is 29.4 Å². The molecule has 126 valence electrons. The highest BCUT2D eigenvalue weighted by Gasteiger charge is 2.14. The number of aromatic nitrogens is 1. The Kier molecular flexibility index (Phi) is 4.30. The maximum Gasteiger partial charge on any atom is 0.282 e. The number of carbonyl (C=O) groups is 1. The number of nitrogens with two attached hydrogens (primary N) is 2. The largest absolute Gasteiger partial charge is 0.370 e. The SMILES string of the molecule is NC(N)=NC(=O)c1cn(Cc2ccc(F)cc2)c(=O)c2ccccc12. The van der Waals surface area contributed by atoms with Gasteiger partial charge in [0.05, 0.1) is 12.1 Å². The molecular weight excluding hydrogens is 323 g/mol. The first-order valence-corrected chi connectivity index (χ1v) is 7.46. The van der Waals surface area contributed by atoms with Crippen LogP contribution in [0, 0.1) is 5.82 Å². The third-order valence-corrected chi connectivity index (χ3v) is 3.72. The van der Waals surface area contributed by atoms with Crippen molar-refractivity contribution in [1.29, 1.82) is 0 Å². The number of aliphatic imine (C=N–C) groups is 1. The molecule has 0 aliphatic heterocycles. The van der Waals surface area contributed by atoms with Gasteiger partial charge in [0.15, 0.2) is 5.96 Å². The van der Waals surface area contributed by atoms with Gasteiger partial charge in [-0.25, -0.2) is 4.39 Å². The Bertz CT molecular complexity index is 1040. The molecule has 0 unspecified atom stereocenters. The Morgan fingerprint density at radius 1 is 1.04 bits per heavy atom. The van der Waals surface area contributed by atoms with E-state index in [1.54, 1.807) is 36.4 Å². The van der Waals surface area contributed by atoms with Crippen LogP contribution < -0.4 is 17.0 Å². The quantitative estimate of drug-likeness (QED) is 0.559. The molecule has 1 heterocycles. The van der Waals surface area contributed by atoms with Crippen LogP contribution in [0.4, 0.5) is 4.39 Å². The molecule has 0 saturated heterocycles. The summed E-state index contributed by atoms with van der Waals surface area (Å²) < 4.78 is 14.4. The number of benzene rings is 2.